The number of hydrogen-bond acceptors (Lipinski definition) is 2. The van der Waals surface area contributed by atoms with Gasteiger partial charge in [-0.2, -0.15) is 0 Å². The fraction of sp³-hybridized carbons (Fsp3) is 0.571. The van der Waals surface area contributed by atoms with Crippen molar-refractivity contribution in [2.75, 3.05) is 0 Å². The molecule has 0 bridgehead atoms. The van der Waals surface area contributed by atoms with Crippen LogP contribution in [0.2, 0.25) is 0 Å². The molecule has 3 rings (SSSR count). The molecule has 0 aliphatic heterocycles. The minimum atomic E-state index is -0.147. The van der Waals surface area contributed by atoms with Crippen LogP contribution in [0.25, 0.3) is 11.0 Å². The Morgan fingerprint density at radius 3 is 2.53 bits per heavy atom. The molecular weight excluding hydrogens is 242 g/mol. The molecule has 1 fully saturated rings. The van der Waals surface area contributed by atoms with Gasteiger partial charge in [0, 0.05) is 6.07 Å². The molecule has 0 atom stereocenters. The lowest BCUT2D eigenvalue weighted by Crippen LogP contribution is -2.14. The maximum atomic E-state index is 12.1. The van der Waals surface area contributed by atoms with Crippen LogP contribution in [0.4, 0.5) is 0 Å². The Morgan fingerprint density at radius 1 is 1.16 bits per heavy atom. The molecular formula is C14H19N3O2. The highest BCUT2D eigenvalue weighted by Gasteiger charge is 2.19. The zero-order chi connectivity index (χ0) is 13.4. The maximum Gasteiger partial charge on any atom is 0.273 e. The van der Waals surface area contributed by atoms with Crippen molar-refractivity contribution in [1.82, 2.24) is 14.8 Å². The molecule has 0 radical (unpaired) electrons. The highest BCUT2D eigenvalue weighted by atomic mass is 16.1. The molecule has 0 spiro atoms. The van der Waals surface area contributed by atoms with Gasteiger partial charge in [-0.25, -0.2) is 0 Å². The molecule has 0 unspecified atom stereocenters. The zero-order valence-corrected chi connectivity index (χ0v) is 11.2. The first-order valence-corrected chi connectivity index (χ1v) is 7.01. The number of hydrogen-bond donors (Lipinski definition) is 2. The summed E-state index contributed by atoms with van der Waals surface area (Å²) in [6.07, 6.45) is 7.02. The average Bonchev–Trinajstić information content (AvgIpc) is 2.56. The van der Waals surface area contributed by atoms with Crippen LogP contribution in [0, 0.1) is 6.92 Å². The first kappa shape index (κ1) is 12.3. The Labute approximate surface area is 110 Å². The Morgan fingerprint density at radius 2 is 1.84 bits per heavy atom. The van der Waals surface area contributed by atoms with Gasteiger partial charge in [-0.15, -0.1) is 0 Å². The van der Waals surface area contributed by atoms with Crippen LogP contribution in [0.15, 0.2) is 15.7 Å². The standard InChI is InChI=1S/C14H19N3O2/c1-9-8-11(18)15-13-12(9)14(19)16-17(13)10-6-4-2-3-5-7-10/h8,10H,2-7H2,1H3,(H,15,18)(H,16,19). The summed E-state index contributed by atoms with van der Waals surface area (Å²) >= 11 is 0. The quantitative estimate of drug-likeness (QED) is 0.773. The first-order valence-electron chi connectivity index (χ1n) is 7.01. The van der Waals surface area contributed by atoms with Crippen LogP contribution >= 0.6 is 0 Å². The molecule has 2 aromatic heterocycles. The van der Waals surface area contributed by atoms with Crippen LogP contribution in [-0.2, 0) is 0 Å². The van der Waals surface area contributed by atoms with E-state index in [1.165, 1.54) is 31.7 Å². The van der Waals surface area contributed by atoms with Gasteiger partial charge in [0.15, 0.2) is 0 Å². The largest absolute Gasteiger partial charge is 0.307 e. The molecule has 0 amide bonds. The van der Waals surface area contributed by atoms with Crippen molar-refractivity contribution in [2.45, 2.75) is 51.5 Å². The summed E-state index contributed by atoms with van der Waals surface area (Å²) in [6.45, 7) is 1.81. The molecule has 0 saturated heterocycles. The lowest BCUT2D eigenvalue weighted by atomic mass is 10.1. The predicted octanol–water partition coefficient (Wildman–Crippen LogP) is 2.22. The second-order valence-electron chi connectivity index (χ2n) is 5.50. The molecule has 5 nitrogen and oxygen atoms in total. The van der Waals surface area contributed by atoms with Crippen molar-refractivity contribution < 1.29 is 0 Å². The van der Waals surface area contributed by atoms with Gasteiger partial charge in [0.1, 0.15) is 5.65 Å². The van der Waals surface area contributed by atoms with Crippen LogP contribution in [0.3, 0.4) is 0 Å². The van der Waals surface area contributed by atoms with Crippen molar-refractivity contribution in [3.05, 3.63) is 32.3 Å². The number of nitrogens with one attached hydrogen (secondary N) is 2. The molecule has 1 aliphatic rings. The van der Waals surface area contributed by atoms with E-state index in [-0.39, 0.29) is 11.1 Å². The number of H-pyrrole nitrogens is 2. The molecule has 0 aromatic carbocycles. The predicted molar refractivity (Wildman–Crippen MR) is 74.7 cm³/mol. The zero-order valence-electron chi connectivity index (χ0n) is 11.2. The third-order valence-corrected chi connectivity index (χ3v) is 4.10. The fourth-order valence-corrected chi connectivity index (χ4v) is 3.15. The number of aromatic nitrogens is 3. The van der Waals surface area contributed by atoms with Gasteiger partial charge in [-0.3, -0.25) is 19.4 Å². The number of fused-ring (bicyclic) bond motifs is 1. The van der Waals surface area contributed by atoms with E-state index in [1.807, 2.05) is 11.6 Å². The molecule has 1 aliphatic carbocycles. The van der Waals surface area contributed by atoms with E-state index in [2.05, 4.69) is 10.1 Å². The highest BCUT2D eigenvalue weighted by Crippen LogP contribution is 2.28. The molecule has 1 saturated carbocycles. The Hall–Kier alpha value is -1.78. The van der Waals surface area contributed by atoms with E-state index in [0.717, 1.165) is 18.4 Å². The highest BCUT2D eigenvalue weighted by molar-refractivity contribution is 5.77. The summed E-state index contributed by atoms with van der Waals surface area (Å²) in [5, 5.41) is 3.52. The SMILES string of the molecule is Cc1cc(=O)[nH]c2c1c(=O)[nH]n2C1CCCCCC1. The van der Waals surface area contributed by atoms with Gasteiger partial charge in [0.2, 0.25) is 5.56 Å². The summed E-state index contributed by atoms with van der Waals surface area (Å²) in [7, 11) is 0. The van der Waals surface area contributed by atoms with E-state index in [4.69, 9.17) is 0 Å². The van der Waals surface area contributed by atoms with Crippen molar-refractivity contribution in [3.63, 3.8) is 0 Å². The minimum Gasteiger partial charge on any atom is -0.307 e. The average molecular weight is 261 g/mol. The van der Waals surface area contributed by atoms with Gasteiger partial charge >= 0.3 is 0 Å². The van der Waals surface area contributed by atoms with Crippen LogP contribution in [0.1, 0.15) is 50.1 Å². The second-order valence-corrected chi connectivity index (χ2v) is 5.50. The topological polar surface area (TPSA) is 70.7 Å². The fourth-order valence-electron chi connectivity index (χ4n) is 3.15. The molecule has 19 heavy (non-hydrogen) atoms. The van der Waals surface area contributed by atoms with E-state index < -0.39 is 0 Å². The van der Waals surface area contributed by atoms with Crippen molar-refractivity contribution in [1.29, 1.82) is 0 Å². The lowest BCUT2D eigenvalue weighted by molar-refractivity contribution is 0.412. The summed E-state index contributed by atoms with van der Waals surface area (Å²) in [6, 6.07) is 1.78. The Balaban J connectivity index is 2.18. The number of aromatic amines is 2. The van der Waals surface area contributed by atoms with E-state index in [9.17, 15) is 9.59 Å². The van der Waals surface area contributed by atoms with E-state index >= 15 is 0 Å². The Kier molecular flexibility index (Phi) is 3.05. The number of aryl methyl sites for hydroxylation is 1. The van der Waals surface area contributed by atoms with Crippen molar-refractivity contribution in [3.8, 4) is 0 Å². The summed E-state index contributed by atoms with van der Waals surface area (Å²) in [5.41, 5.74) is 1.15. The third kappa shape index (κ3) is 2.13. The third-order valence-electron chi connectivity index (χ3n) is 4.10. The summed E-state index contributed by atoms with van der Waals surface area (Å²) in [5.74, 6) is 0. The maximum absolute atomic E-state index is 12.1. The van der Waals surface area contributed by atoms with Gasteiger partial charge in [0.25, 0.3) is 5.56 Å². The van der Waals surface area contributed by atoms with E-state index in [1.54, 1.807) is 0 Å². The smallest absolute Gasteiger partial charge is 0.273 e. The monoisotopic (exact) mass is 261 g/mol. The summed E-state index contributed by atoms with van der Waals surface area (Å²) < 4.78 is 1.89. The minimum absolute atomic E-state index is 0.104. The van der Waals surface area contributed by atoms with Crippen molar-refractivity contribution in [2.24, 2.45) is 0 Å². The van der Waals surface area contributed by atoms with Crippen LogP contribution in [0.5, 0.6) is 0 Å². The molecule has 2 heterocycles. The molecule has 5 heteroatoms. The van der Waals surface area contributed by atoms with Crippen molar-refractivity contribution >= 4 is 11.0 Å². The van der Waals surface area contributed by atoms with Crippen LogP contribution < -0.4 is 11.1 Å². The molecule has 2 N–H and O–H groups in total. The van der Waals surface area contributed by atoms with Gasteiger partial charge < -0.3 is 4.98 Å². The lowest BCUT2D eigenvalue weighted by Gasteiger charge is -2.16. The van der Waals surface area contributed by atoms with Gasteiger partial charge in [0.05, 0.1) is 11.4 Å². The first-order chi connectivity index (χ1) is 9.16. The normalized spacial score (nSPS) is 17.7. The van der Waals surface area contributed by atoms with E-state index in [0.29, 0.717) is 17.1 Å². The van der Waals surface area contributed by atoms with Gasteiger partial charge in [-0.05, 0) is 25.3 Å². The molecule has 2 aromatic rings. The second kappa shape index (κ2) is 4.72. The van der Waals surface area contributed by atoms with Crippen LogP contribution in [-0.4, -0.2) is 14.8 Å². The number of rotatable bonds is 1. The summed E-state index contributed by atoms with van der Waals surface area (Å²) in [4.78, 5) is 26.5. The number of pyridine rings is 1. The number of nitrogens with zero attached hydrogens (tertiary/aromatic N) is 1. The molecule has 102 valence electrons. The van der Waals surface area contributed by atoms with Gasteiger partial charge in [-0.1, -0.05) is 25.7 Å². The Bertz CT molecular complexity index is 700.